The number of carbonyl (C=O) groups excluding carboxylic acids is 1. The van der Waals surface area contributed by atoms with Gasteiger partial charge in [-0.1, -0.05) is 20.8 Å². The molecule has 0 aliphatic carbocycles. The van der Waals surface area contributed by atoms with Gasteiger partial charge in [0.1, 0.15) is 5.75 Å². The number of ether oxygens (including phenoxy) is 1. The molecule has 31 heavy (non-hydrogen) atoms. The van der Waals surface area contributed by atoms with Gasteiger partial charge in [0, 0.05) is 46.5 Å². The first-order chi connectivity index (χ1) is 14.7. The van der Waals surface area contributed by atoms with Crippen LogP contribution in [0.4, 0.5) is 5.95 Å². The maximum atomic E-state index is 12.5. The van der Waals surface area contributed by atoms with E-state index in [0.29, 0.717) is 24.9 Å². The van der Waals surface area contributed by atoms with E-state index in [0.717, 1.165) is 33.6 Å². The van der Waals surface area contributed by atoms with Crippen molar-refractivity contribution in [3.63, 3.8) is 0 Å². The van der Waals surface area contributed by atoms with Gasteiger partial charge in [-0.3, -0.25) is 20.4 Å². The molecular formula is C23H30N6O2. The molecule has 1 amide bonds. The van der Waals surface area contributed by atoms with Crippen molar-refractivity contribution in [2.45, 2.75) is 41.0 Å². The molecule has 2 heterocycles. The molecule has 1 aromatic carbocycles. The quantitative estimate of drug-likeness (QED) is 0.429. The molecule has 0 spiro atoms. The van der Waals surface area contributed by atoms with Crippen LogP contribution >= 0.6 is 0 Å². The van der Waals surface area contributed by atoms with Gasteiger partial charge in [-0.25, -0.2) is 9.97 Å². The lowest BCUT2D eigenvalue weighted by Gasteiger charge is -2.19. The highest BCUT2D eigenvalue weighted by molar-refractivity contribution is 6.04. The van der Waals surface area contributed by atoms with Gasteiger partial charge >= 0.3 is 0 Å². The Morgan fingerprint density at radius 1 is 1.16 bits per heavy atom. The van der Waals surface area contributed by atoms with Gasteiger partial charge in [-0.2, -0.15) is 0 Å². The first-order valence-electron chi connectivity index (χ1n) is 10.2. The summed E-state index contributed by atoms with van der Waals surface area (Å²) in [6.07, 6.45) is 2.68. The van der Waals surface area contributed by atoms with E-state index >= 15 is 0 Å². The summed E-state index contributed by atoms with van der Waals surface area (Å²) in [6, 6.07) is 7.84. The van der Waals surface area contributed by atoms with Crippen molar-refractivity contribution in [1.29, 1.82) is 0 Å². The Kier molecular flexibility index (Phi) is 6.58. The highest BCUT2D eigenvalue weighted by Gasteiger charge is 2.22. The minimum absolute atomic E-state index is 0.137. The van der Waals surface area contributed by atoms with Crippen LogP contribution in [-0.4, -0.2) is 40.5 Å². The van der Waals surface area contributed by atoms with E-state index in [1.54, 1.807) is 7.11 Å². The number of rotatable bonds is 5. The fraction of sp³-hybridized carbons (Fsp3) is 0.391. The van der Waals surface area contributed by atoms with Crippen molar-refractivity contribution in [3.05, 3.63) is 47.4 Å². The lowest BCUT2D eigenvalue weighted by atomic mass is 9.96. The molecule has 0 saturated heterocycles. The van der Waals surface area contributed by atoms with Crippen molar-refractivity contribution in [2.75, 3.05) is 19.0 Å². The Bertz CT molecular complexity index is 1090. The number of benzene rings is 1. The number of hydrogen-bond donors (Lipinski definition) is 3. The number of amides is 1. The molecule has 0 saturated carbocycles. The van der Waals surface area contributed by atoms with Crippen LogP contribution in [-0.2, 0) is 11.2 Å². The van der Waals surface area contributed by atoms with E-state index in [1.807, 2.05) is 65.1 Å². The lowest BCUT2D eigenvalue weighted by Crippen LogP contribution is -2.42. The zero-order valence-corrected chi connectivity index (χ0v) is 19.0. The molecule has 164 valence electrons. The monoisotopic (exact) mass is 422 g/mol. The van der Waals surface area contributed by atoms with Gasteiger partial charge in [0.15, 0.2) is 0 Å². The maximum absolute atomic E-state index is 12.5. The van der Waals surface area contributed by atoms with Crippen molar-refractivity contribution in [2.24, 2.45) is 10.4 Å². The molecule has 3 aromatic rings. The van der Waals surface area contributed by atoms with Crippen LogP contribution in [0.5, 0.6) is 5.75 Å². The van der Waals surface area contributed by atoms with Gasteiger partial charge in [0.05, 0.1) is 7.11 Å². The number of guanidine groups is 1. The Morgan fingerprint density at radius 3 is 2.52 bits per heavy atom. The highest BCUT2D eigenvalue weighted by atomic mass is 16.5. The molecule has 3 N–H and O–H groups in total. The lowest BCUT2D eigenvalue weighted by molar-refractivity contribution is -0.126. The summed E-state index contributed by atoms with van der Waals surface area (Å²) in [5.74, 6) is 1.42. The number of anilines is 1. The smallest absolute Gasteiger partial charge is 0.232 e. The number of aromatic nitrogens is 3. The summed E-state index contributed by atoms with van der Waals surface area (Å²) in [5, 5.41) is 7.07. The van der Waals surface area contributed by atoms with Gasteiger partial charge in [-0.15, -0.1) is 0 Å². The van der Waals surface area contributed by atoms with Crippen LogP contribution in [0.3, 0.4) is 0 Å². The Balaban J connectivity index is 1.78. The van der Waals surface area contributed by atoms with Crippen LogP contribution < -0.4 is 15.4 Å². The number of aromatic amines is 1. The highest BCUT2D eigenvalue weighted by Crippen LogP contribution is 2.23. The fourth-order valence-electron chi connectivity index (χ4n) is 3.08. The van der Waals surface area contributed by atoms with Crippen LogP contribution in [0, 0.1) is 19.3 Å². The summed E-state index contributed by atoms with van der Waals surface area (Å²) in [6.45, 7) is 9.85. The minimum atomic E-state index is -0.554. The molecule has 0 bridgehead atoms. The van der Waals surface area contributed by atoms with Gasteiger partial charge in [0.25, 0.3) is 0 Å². The molecule has 0 aliphatic rings. The molecular weight excluding hydrogens is 392 g/mol. The number of nitrogens with zero attached hydrogens (tertiary/aromatic N) is 3. The number of methoxy groups -OCH3 is 1. The third-order valence-electron chi connectivity index (χ3n) is 4.75. The third kappa shape index (κ3) is 5.81. The summed E-state index contributed by atoms with van der Waals surface area (Å²) < 4.78 is 5.28. The number of aliphatic imine (C=N–C) groups is 1. The summed E-state index contributed by atoms with van der Waals surface area (Å²) >= 11 is 0. The summed E-state index contributed by atoms with van der Waals surface area (Å²) in [4.78, 5) is 29.2. The fourth-order valence-corrected chi connectivity index (χ4v) is 3.08. The van der Waals surface area contributed by atoms with E-state index < -0.39 is 5.41 Å². The van der Waals surface area contributed by atoms with E-state index in [2.05, 4.69) is 30.6 Å². The molecule has 0 unspecified atom stereocenters. The van der Waals surface area contributed by atoms with E-state index in [-0.39, 0.29) is 5.91 Å². The van der Waals surface area contributed by atoms with Gasteiger partial charge in [0.2, 0.25) is 17.8 Å². The molecule has 8 heteroatoms. The predicted molar refractivity (Wildman–Crippen MR) is 124 cm³/mol. The Labute approximate surface area is 182 Å². The predicted octanol–water partition coefficient (Wildman–Crippen LogP) is 3.76. The molecule has 8 nitrogen and oxygen atoms in total. The average Bonchev–Trinajstić information content (AvgIpc) is 3.08. The normalized spacial score (nSPS) is 12.1. The second-order valence-electron chi connectivity index (χ2n) is 8.51. The second-order valence-corrected chi connectivity index (χ2v) is 8.51. The minimum Gasteiger partial charge on any atom is -0.497 e. The number of carbonyl (C=O) groups is 1. The van der Waals surface area contributed by atoms with E-state index in [1.165, 1.54) is 0 Å². The summed E-state index contributed by atoms with van der Waals surface area (Å²) in [5.41, 5.74) is 3.28. The molecule has 0 aliphatic heterocycles. The zero-order valence-electron chi connectivity index (χ0n) is 19.0. The average molecular weight is 423 g/mol. The third-order valence-corrected chi connectivity index (χ3v) is 4.75. The molecule has 3 rings (SSSR count). The van der Waals surface area contributed by atoms with Crippen LogP contribution in [0.2, 0.25) is 0 Å². The molecule has 2 aromatic heterocycles. The van der Waals surface area contributed by atoms with Gasteiger partial charge in [-0.05, 0) is 44.0 Å². The number of hydrogen-bond acceptors (Lipinski definition) is 5. The zero-order chi connectivity index (χ0) is 22.6. The molecule has 0 atom stereocenters. The largest absolute Gasteiger partial charge is 0.497 e. The number of nitrogens with one attached hydrogen (secondary N) is 3. The molecule has 0 radical (unpaired) electrons. The first-order valence-corrected chi connectivity index (χ1v) is 10.2. The first kappa shape index (κ1) is 22.3. The SMILES string of the molecule is COc1ccc2c(CCN=C(NC(=O)C(C)(C)C)Nc3nc(C)cc(C)n3)c[nH]c2c1. The number of fused-ring (bicyclic) bond motifs is 1. The Morgan fingerprint density at radius 2 is 1.87 bits per heavy atom. The van der Waals surface area contributed by atoms with E-state index in [9.17, 15) is 4.79 Å². The molecule has 0 fully saturated rings. The van der Waals surface area contributed by atoms with Crippen LogP contribution in [0.15, 0.2) is 35.5 Å². The van der Waals surface area contributed by atoms with Crippen LogP contribution in [0.25, 0.3) is 10.9 Å². The topological polar surface area (TPSA) is 104 Å². The van der Waals surface area contributed by atoms with Crippen molar-refractivity contribution < 1.29 is 9.53 Å². The maximum Gasteiger partial charge on any atom is 0.232 e. The van der Waals surface area contributed by atoms with Gasteiger partial charge < -0.3 is 9.72 Å². The van der Waals surface area contributed by atoms with E-state index in [4.69, 9.17) is 4.74 Å². The number of aryl methyl sites for hydroxylation is 2. The van der Waals surface area contributed by atoms with Crippen molar-refractivity contribution in [3.8, 4) is 5.75 Å². The van der Waals surface area contributed by atoms with Crippen LogP contribution in [0.1, 0.15) is 37.7 Å². The standard InChI is InChI=1S/C23H30N6O2/c1-14-11-15(2)27-22(26-14)29-21(28-20(30)23(3,4)5)24-10-9-16-13-25-19-12-17(31-6)7-8-18(16)19/h7-8,11-13,25H,9-10H2,1-6H3,(H2,24,26,27,28,29,30). The Hall–Kier alpha value is -3.42. The van der Waals surface area contributed by atoms with Crippen molar-refractivity contribution in [1.82, 2.24) is 20.3 Å². The summed E-state index contributed by atoms with van der Waals surface area (Å²) in [7, 11) is 1.65. The number of H-pyrrole nitrogens is 1. The van der Waals surface area contributed by atoms with Crippen molar-refractivity contribution >= 4 is 28.7 Å². The second kappa shape index (κ2) is 9.16.